The van der Waals surface area contributed by atoms with Crippen molar-refractivity contribution in [3.8, 4) is 5.75 Å². The van der Waals surface area contributed by atoms with Crippen LogP contribution >= 0.6 is 12.6 Å². The summed E-state index contributed by atoms with van der Waals surface area (Å²) in [4.78, 5) is 0. The first kappa shape index (κ1) is 12.6. The third kappa shape index (κ3) is 2.86. The van der Waals surface area contributed by atoms with Gasteiger partial charge in [0.15, 0.2) is 0 Å². The summed E-state index contributed by atoms with van der Waals surface area (Å²) in [5, 5.41) is 0. The van der Waals surface area contributed by atoms with Gasteiger partial charge in [-0.1, -0.05) is 30.7 Å². The zero-order valence-electron chi connectivity index (χ0n) is 10.2. The maximum atomic E-state index is 5.99. The molecule has 0 radical (unpaired) electrons. The van der Waals surface area contributed by atoms with E-state index >= 15 is 0 Å². The Kier molecular flexibility index (Phi) is 4.16. The average molecular weight is 248 g/mol. The Balaban J connectivity index is 2.00. The monoisotopic (exact) mass is 248 g/mol. The molecule has 0 atom stereocenters. The summed E-state index contributed by atoms with van der Waals surface area (Å²) >= 11 is 4.45. The van der Waals surface area contributed by atoms with Crippen molar-refractivity contribution < 1.29 is 4.74 Å². The fraction of sp³-hybridized carbons (Fsp3) is 0.467. The molecule has 1 saturated carbocycles. The molecule has 2 rings (SSSR count). The molecular weight excluding hydrogens is 228 g/mol. The second kappa shape index (κ2) is 5.63. The third-order valence-corrected chi connectivity index (χ3v) is 4.29. The maximum Gasteiger partial charge on any atom is 0.122 e. The molecule has 1 aromatic rings. The van der Waals surface area contributed by atoms with E-state index in [1.807, 2.05) is 24.3 Å². The van der Waals surface area contributed by atoms with Crippen LogP contribution in [0.15, 0.2) is 36.9 Å². The molecule has 0 heterocycles. The highest BCUT2D eigenvalue weighted by Crippen LogP contribution is 2.42. The smallest absolute Gasteiger partial charge is 0.122 e. The molecule has 0 saturated heterocycles. The number of allylic oxidation sites excluding steroid dienone is 1. The van der Waals surface area contributed by atoms with Crippen LogP contribution < -0.4 is 4.74 Å². The topological polar surface area (TPSA) is 9.23 Å². The van der Waals surface area contributed by atoms with Crippen molar-refractivity contribution in [2.45, 2.75) is 25.7 Å². The van der Waals surface area contributed by atoms with E-state index in [0.29, 0.717) is 5.41 Å². The van der Waals surface area contributed by atoms with E-state index < -0.39 is 0 Å². The van der Waals surface area contributed by atoms with Crippen molar-refractivity contribution in [3.05, 3.63) is 42.5 Å². The van der Waals surface area contributed by atoms with Crippen molar-refractivity contribution in [1.82, 2.24) is 0 Å². The normalized spacial score (nSPS) is 17.2. The Labute approximate surface area is 109 Å². The van der Waals surface area contributed by atoms with Crippen molar-refractivity contribution in [2.75, 3.05) is 12.4 Å². The first-order valence-electron chi connectivity index (χ1n) is 6.22. The van der Waals surface area contributed by atoms with E-state index in [1.54, 1.807) is 0 Å². The number of para-hydroxylation sites is 1. The van der Waals surface area contributed by atoms with Crippen LogP contribution in [0.1, 0.15) is 24.8 Å². The Morgan fingerprint density at radius 2 is 2.12 bits per heavy atom. The second-order valence-electron chi connectivity index (χ2n) is 4.90. The average Bonchev–Trinajstić information content (AvgIpc) is 2.31. The molecule has 17 heavy (non-hydrogen) atoms. The third-order valence-electron chi connectivity index (χ3n) is 3.62. The Bertz CT molecular complexity index is 377. The van der Waals surface area contributed by atoms with Crippen LogP contribution in [0.4, 0.5) is 0 Å². The van der Waals surface area contributed by atoms with Gasteiger partial charge in [0.1, 0.15) is 5.75 Å². The fourth-order valence-electron chi connectivity index (χ4n) is 2.22. The molecule has 0 bridgehead atoms. The van der Waals surface area contributed by atoms with Crippen LogP contribution in [-0.4, -0.2) is 12.4 Å². The number of rotatable bonds is 6. The van der Waals surface area contributed by atoms with Crippen molar-refractivity contribution in [3.63, 3.8) is 0 Å². The molecule has 0 aliphatic heterocycles. The van der Waals surface area contributed by atoms with Gasteiger partial charge < -0.3 is 4.74 Å². The Hall–Kier alpha value is -0.890. The molecule has 0 aromatic heterocycles. The fourth-order valence-corrected chi connectivity index (χ4v) is 2.63. The summed E-state index contributed by atoms with van der Waals surface area (Å²) in [5.41, 5.74) is 1.54. The molecule has 1 aliphatic rings. The molecule has 0 amide bonds. The molecule has 1 fully saturated rings. The summed E-state index contributed by atoms with van der Waals surface area (Å²) in [5.74, 6) is 1.93. The van der Waals surface area contributed by atoms with Crippen molar-refractivity contribution >= 4 is 12.6 Å². The number of ether oxygens (including phenoxy) is 1. The minimum atomic E-state index is 0.324. The summed E-state index contributed by atoms with van der Waals surface area (Å²) in [6.07, 6.45) is 6.60. The Morgan fingerprint density at radius 3 is 2.71 bits per heavy atom. The van der Waals surface area contributed by atoms with E-state index in [2.05, 4.69) is 25.3 Å². The highest BCUT2D eigenvalue weighted by atomic mass is 32.1. The van der Waals surface area contributed by atoms with E-state index in [4.69, 9.17) is 4.74 Å². The summed E-state index contributed by atoms with van der Waals surface area (Å²) in [6.45, 7) is 4.58. The van der Waals surface area contributed by atoms with Gasteiger partial charge in [0, 0.05) is 5.41 Å². The largest absolute Gasteiger partial charge is 0.493 e. The van der Waals surface area contributed by atoms with Crippen LogP contribution in [-0.2, 0) is 6.42 Å². The van der Waals surface area contributed by atoms with Crippen LogP contribution in [0.25, 0.3) is 0 Å². The Morgan fingerprint density at radius 1 is 1.35 bits per heavy atom. The van der Waals surface area contributed by atoms with Gasteiger partial charge in [-0.05, 0) is 36.6 Å². The molecular formula is C15H20OS. The number of benzene rings is 1. The molecule has 2 heteroatoms. The number of thiol groups is 1. The summed E-state index contributed by atoms with van der Waals surface area (Å²) in [7, 11) is 0. The van der Waals surface area contributed by atoms with Gasteiger partial charge in [-0.15, -0.1) is 6.58 Å². The lowest BCUT2D eigenvalue weighted by atomic mass is 9.71. The molecule has 0 spiro atoms. The molecule has 0 N–H and O–H groups in total. The highest BCUT2D eigenvalue weighted by molar-refractivity contribution is 7.80. The zero-order chi connectivity index (χ0) is 12.1. The van der Waals surface area contributed by atoms with Crippen LogP contribution in [0.5, 0.6) is 5.75 Å². The van der Waals surface area contributed by atoms with E-state index in [1.165, 1.54) is 24.8 Å². The van der Waals surface area contributed by atoms with Gasteiger partial charge in [0.05, 0.1) is 6.61 Å². The maximum absolute atomic E-state index is 5.99. The molecule has 1 aliphatic carbocycles. The molecule has 1 aromatic carbocycles. The van der Waals surface area contributed by atoms with Crippen LogP contribution in [0.3, 0.4) is 0 Å². The van der Waals surface area contributed by atoms with Crippen LogP contribution in [0, 0.1) is 5.41 Å². The first-order chi connectivity index (χ1) is 8.29. The lowest BCUT2D eigenvalue weighted by molar-refractivity contribution is 0.0824. The van der Waals surface area contributed by atoms with E-state index in [9.17, 15) is 0 Å². The van der Waals surface area contributed by atoms with E-state index in [0.717, 1.165) is 24.5 Å². The summed E-state index contributed by atoms with van der Waals surface area (Å²) < 4.78 is 5.99. The lowest BCUT2D eigenvalue weighted by Gasteiger charge is -2.40. The number of hydrogen-bond acceptors (Lipinski definition) is 2. The first-order valence-corrected chi connectivity index (χ1v) is 6.85. The minimum absolute atomic E-state index is 0.324. The second-order valence-corrected chi connectivity index (χ2v) is 5.22. The minimum Gasteiger partial charge on any atom is -0.493 e. The predicted octanol–water partition coefficient (Wildman–Crippen LogP) is 3.89. The van der Waals surface area contributed by atoms with E-state index in [-0.39, 0.29) is 0 Å². The van der Waals surface area contributed by atoms with Gasteiger partial charge >= 0.3 is 0 Å². The van der Waals surface area contributed by atoms with Gasteiger partial charge in [-0.2, -0.15) is 12.6 Å². The van der Waals surface area contributed by atoms with Crippen molar-refractivity contribution in [1.29, 1.82) is 0 Å². The van der Waals surface area contributed by atoms with Gasteiger partial charge in [0.2, 0.25) is 0 Å². The lowest BCUT2D eigenvalue weighted by Crippen LogP contribution is -2.37. The predicted molar refractivity (Wildman–Crippen MR) is 76.0 cm³/mol. The van der Waals surface area contributed by atoms with Crippen LogP contribution in [0.2, 0.25) is 0 Å². The standard InChI is InChI=1S/C15H20OS/c1-2-6-13-7-3-4-8-14(13)16-11-15(12-17)9-5-10-15/h2-4,7-8,17H,1,5-6,9-12H2. The molecule has 0 unspecified atom stereocenters. The quantitative estimate of drug-likeness (QED) is 0.593. The van der Waals surface area contributed by atoms with Gasteiger partial charge in [0.25, 0.3) is 0 Å². The van der Waals surface area contributed by atoms with Gasteiger partial charge in [-0.3, -0.25) is 0 Å². The highest BCUT2D eigenvalue weighted by Gasteiger charge is 2.36. The molecule has 1 nitrogen and oxygen atoms in total. The SMILES string of the molecule is C=CCc1ccccc1OCC1(CS)CCC1. The van der Waals surface area contributed by atoms with Crippen molar-refractivity contribution in [2.24, 2.45) is 5.41 Å². The zero-order valence-corrected chi connectivity index (χ0v) is 11.1. The molecule has 92 valence electrons. The summed E-state index contributed by atoms with van der Waals surface area (Å²) in [6, 6.07) is 8.22. The van der Waals surface area contributed by atoms with Gasteiger partial charge in [-0.25, -0.2) is 0 Å². The number of hydrogen-bond donors (Lipinski definition) is 1.